The SMILES string of the molecule is C=Nc1ccc(C(=O)c2ccc(N=C)c3ccccc23)cc1. The summed E-state index contributed by atoms with van der Waals surface area (Å²) < 4.78 is 0. The lowest BCUT2D eigenvalue weighted by Gasteiger charge is -2.08. The Morgan fingerprint density at radius 3 is 2.09 bits per heavy atom. The van der Waals surface area contributed by atoms with Gasteiger partial charge in [0.15, 0.2) is 5.78 Å². The second-order valence-electron chi connectivity index (χ2n) is 4.87. The molecular formula is C19H14N2O. The first kappa shape index (κ1) is 13.9. The van der Waals surface area contributed by atoms with Gasteiger partial charge in [0.2, 0.25) is 0 Å². The van der Waals surface area contributed by atoms with Crippen LogP contribution in [0.25, 0.3) is 10.8 Å². The molecule has 0 saturated heterocycles. The van der Waals surface area contributed by atoms with Crippen LogP contribution in [0.4, 0.5) is 11.4 Å². The molecule has 0 spiro atoms. The Morgan fingerprint density at radius 2 is 1.45 bits per heavy atom. The summed E-state index contributed by atoms with van der Waals surface area (Å²) in [5.41, 5.74) is 2.80. The van der Waals surface area contributed by atoms with Gasteiger partial charge in [-0.2, -0.15) is 0 Å². The minimum Gasteiger partial charge on any atom is -0.289 e. The van der Waals surface area contributed by atoms with Crippen LogP contribution in [0.2, 0.25) is 0 Å². The highest BCUT2D eigenvalue weighted by Gasteiger charge is 2.13. The number of aliphatic imine (C=N–C) groups is 2. The molecule has 3 heteroatoms. The first-order chi connectivity index (χ1) is 10.7. The molecule has 0 bridgehead atoms. The normalized spacial score (nSPS) is 10.4. The van der Waals surface area contributed by atoms with E-state index in [1.54, 1.807) is 30.3 Å². The number of ketones is 1. The molecule has 106 valence electrons. The molecule has 0 fully saturated rings. The van der Waals surface area contributed by atoms with Crippen LogP contribution in [0.1, 0.15) is 15.9 Å². The molecule has 3 aromatic rings. The predicted octanol–water partition coefficient (Wildman–Crippen LogP) is 4.74. The first-order valence-corrected chi connectivity index (χ1v) is 6.84. The van der Waals surface area contributed by atoms with Crippen molar-refractivity contribution in [3.63, 3.8) is 0 Å². The fourth-order valence-corrected chi connectivity index (χ4v) is 2.49. The third-order valence-corrected chi connectivity index (χ3v) is 3.63. The summed E-state index contributed by atoms with van der Waals surface area (Å²) in [4.78, 5) is 20.6. The summed E-state index contributed by atoms with van der Waals surface area (Å²) in [7, 11) is 0. The lowest BCUT2D eigenvalue weighted by atomic mass is 9.96. The Bertz CT molecular complexity index is 880. The molecule has 0 amide bonds. The van der Waals surface area contributed by atoms with Crippen LogP contribution in [0.5, 0.6) is 0 Å². The number of carbonyl (C=O) groups excluding carboxylic acids is 1. The van der Waals surface area contributed by atoms with Crippen LogP contribution in [0, 0.1) is 0 Å². The van der Waals surface area contributed by atoms with Gasteiger partial charge < -0.3 is 0 Å². The molecule has 0 saturated carbocycles. The molecule has 0 aliphatic carbocycles. The molecular weight excluding hydrogens is 272 g/mol. The molecule has 0 aliphatic rings. The van der Waals surface area contributed by atoms with Gasteiger partial charge in [-0.25, -0.2) is 0 Å². The van der Waals surface area contributed by atoms with Crippen molar-refractivity contribution in [1.29, 1.82) is 0 Å². The third kappa shape index (κ3) is 2.33. The molecule has 0 radical (unpaired) electrons. The highest BCUT2D eigenvalue weighted by Crippen LogP contribution is 2.30. The van der Waals surface area contributed by atoms with E-state index >= 15 is 0 Å². The Hall–Kier alpha value is -3.07. The Morgan fingerprint density at radius 1 is 0.773 bits per heavy atom. The van der Waals surface area contributed by atoms with Gasteiger partial charge in [-0.05, 0) is 55.2 Å². The van der Waals surface area contributed by atoms with Gasteiger partial charge in [0.05, 0.1) is 11.4 Å². The topological polar surface area (TPSA) is 41.8 Å². The molecule has 0 N–H and O–H groups in total. The van der Waals surface area contributed by atoms with Crippen molar-refractivity contribution >= 4 is 41.4 Å². The van der Waals surface area contributed by atoms with E-state index < -0.39 is 0 Å². The smallest absolute Gasteiger partial charge is 0.193 e. The molecule has 0 atom stereocenters. The minimum absolute atomic E-state index is 0.0255. The van der Waals surface area contributed by atoms with Crippen LogP contribution in [0.3, 0.4) is 0 Å². The average Bonchev–Trinajstić information content (AvgIpc) is 2.60. The number of fused-ring (bicyclic) bond motifs is 1. The number of benzene rings is 3. The fourth-order valence-electron chi connectivity index (χ4n) is 2.49. The quantitative estimate of drug-likeness (QED) is 0.504. The second-order valence-corrected chi connectivity index (χ2v) is 4.87. The third-order valence-electron chi connectivity index (χ3n) is 3.63. The zero-order valence-corrected chi connectivity index (χ0v) is 12.0. The predicted molar refractivity (Wildman–Crippen MR) is 92.2 cm³/mol. The molecule has 0 unspecified atom stereocenters. The maximum atomic E-state index is 12.8. The largest absolute Gasteiger partial charge is 0.289 e. The molecule has 3 nitrogen and oxygen atoms in total. The molecule has 22 heavy (non-hydrogen) atoms. The average molecular weight is 286 g/mol. The summed E-state index contributed by atoms with van der Waals surface area (Å²) in [5.74, 6) is -0.0255. The van der Waals surface area contributed by atoms with Crippen LogP contribution in [-0.2, 0) is 0 Å². The van der Waals surface area contributed by atoms with E-state index in [9.17, 15) is 4.79 Å². The number of hydrogen-bond acceptors (Lipinski definition) is 3. The van der Waals surface area contributed by atoms with Crippen molar-refractivity contribution in [2.24, 2.45) is 9.98 Å². The summed E-state index contributed by atoms with van der Waals surface area (Å²) >= 11 is 0. The minimum atomic E-state index is -0.0255. The lowest BCUT2D eigenvalue weighted by molar-refractivity contribution is 0.104. The van der Waals surface area contributed by atoms with Crippen molar-refractivity contribution in [2.75, 3.05) is 0 Å². The van der Waals surface area contributed by atoms with Gasteiger partial charge in [0.1, 0.15) is 0 Å². The molecule has 0 heterocycles. The van der Waals surface area contributed by atoms with Gasteiger partial charge in [0, 0.05) is 16.5 Å². The van der Waals surface area contributed by atoms with Crippen molar-refractivity contribution < 1.29 is 4.79 Å². The van der Waals surface area contributed by atoms with Gasteiger partial charge in [-0.3, -0.25) is 14.8 Å². The van der Waals surface area contributed by atoms with E-state index in [2.05, 4.69) is 23.4 Å². The van der Waals surface area contributed by atoms with Crippen molar-refractivity contribution in [2.45, 2.75) is 0 Å². The Labute approximate surface area is 128 Å². The molecule has 3 aromatic carbocycles. The number of hydrogen-bond donors (Lipinski definition) is 0. The van der Waals surface area contributed by atoms with E-state index in [4.69, 9.17) is 0 Å². The van der Waals surface area contributed by atoms with Crippen molar-refractivity contribution in [3.8, 4) is 0 Å². The Balaban J connectivity index is 2.15. The van der Waals surface area contributed by atoms with E-state index in [0.29, 0.717) is 11.1 Å². The highest BCUT2D eigenvalue weighted by molar-refractivity contribution is 6.17. The summed E-state index contributed by atoms with van der Waals surface area (Å²) in [6, 6.07) is 18.4. The number of nitrogens with zero attached hydrogens (tertiary/aromatic N) is 2. The zero-order valence-electron chi connectivity index (χ0n) is 12.0. The zero-order chi connectivity index (χ0) is 15.5. The van der Waals surface area contributed by atoms with Gasteiger partial charge in [-0.1, -0.05) is 24.3 Å². The van der Waals surface area contributed by atoms with Crippen molar-refractivity contribution in [3.05, 3.63) is 71.8 Å². The molecule has 0 aliphatic heterocycles. The van der Waals surface area contributed by atoms with E-state index in [-0.39, 0.29) is 5.78 Å². The monoisotopic (exact) mass is 286 g/mol. The highest BCUT2D eigenvalue weighted by atomic mass is 16.1. The van der Waals surface area contributed by atoms with E-state index in [0.717, 1.165) is 22.1 Å². The molecule has 3 rings (SSSR count). The second kappa shape index (κ2) is 5.74. The lowest BCUT2D eigenvalue weighted by Crippen LogP contribution is -2.01. The van der Waals surface area contributed by atoms with Crippen LogP contribution in [0.15, 0.2) is 70.6 Å². The standard InChI is InChI=1S/C19H14N2O/c1-20-14-9-7-13(8-10-14)19(22)17-11-12-18(21-2)16-6-4-3-5-15(16)17/h3-12H,1-2H2. The Kier molecular flexibility index (Phi) is 3.62. The van der Waals surface area contributed by atoms with Gasteiger partial charge in [0.25, 0.3) is 0 Å². The fraction of sp³-hybridized carbons (Fsp3) is 0. The number of carbonyl (C=O) groups is 1. The number of rotatable bonds is 4. The van der Waals surface area contributed by atoms with Crippen molar-refractivity contribution in [1.82, 2.24) is 0 Å². The maximum absolute atomic E-state index is 12.8. The summed E-state index contributed by atoms with van der Waals surface area (Å²) in [6.45, 7) is 7.05. The van der Waals surface area contributed by atoms with Crippen LogP contribution in [-0.4, -0.2) is 19.2 Å². The molecule has 0 aromatic heterocycles. The first-order valence-electron chi connectivity index (χ1n) is 6.84. The van der Waals surface area contributed by atoms with E-state index in [1.807, 2.05) is 30.3 Å². The summed E-state index contributed by atoms with van der Waals surface area (Å²) in [6.07, 6.45) is 0. The van der Waals surface area contributed by atoms with Crippen LogP contribution < -0.4 is 0 Å². The van der Waals surface area contributed by atoms with E-state index in [1.165, 1.54) is 0 Å². The van der Waals surface area contributed by atoms with Gasteiger partial charge in [-0.15, -0.1) is 0 Å². The van der Waals surface area contributed by atoms with Crippen LogP contribution >= 0.6 is 0 Å². The summed E-state index contributed by atoms with van der Waals surface area (Å²) in [5, 5.41) is 1.80. The van der Waals surface area contributed by atoms with Gasteiger partial charge >= 0.3 is 0 Å². The maximum Gasteiger partial charge on any atom is 0.193 e.